The zero-order chi connectivity index (χ0) is 24.2. The largest absolute Gasteiger partial charge is 0.461 e. The van der Waals surface area contributed by atoms with Crippen LogP contribution in [0, 0.1) is 0 Å². The Labute approximate surface area is 217 Å². The van der Waals surface area contributed by atoms with Gasteiger partial charge in [-0.3, -0.25) is 19.5 Å². The quantitative estimate of drug-likeness (QED) is 0.260. The van der Waals surface area contributed by atoms with Crippen LogP contribution in [0.2, 0.25) is 0 Å². The number of hydrogen-bond acceptors (Lipinski definition) is 7. The van der Waals surface area contributed by atoms with Gasteiger partial charge in [-0.1, -0.05) is 60.7 Å². The predicted molar refractivity (Wildman–Crippen MR) is 137 cm³/mol. The zero-order valence-electron chi connectivity index (χ0n) is 18.0. The van der Waals surface area contributed by atoms with Gasteiger partial charge in [0, 0.05) is 18.2 Å². The van der Waals surface area contributed by atoms with Crippen molar-refractivity contribution in [2.24, 2.45) is 4.99 Å². The van der Waals surface area contributed by atoms with E-state index in [-0.39, 0.29) is 23.6 Å². The van der Waals surface area contributed by atoms with Gasteiger partial charge < -0.3 is 9.47 Å². The predicted octanol–water partition coefficient (Wildman–Crippen LogP) is 4.57. The molecular weight excluding hydrogens is 588 g/mol. The highest BCUT2D eigenvalue weighted by Crippen LogP contribution is 2.43. The minimum absolute atomic E-state index is 0.0965. The van der Waals surface area contributed by atoms with E-state index < -0.39 is 24.1 Å². The molecule has 1 saturated heterocycles. The summed E-state index contributed by atoms with van der Waals surface area (Å²) in [7, 11) is 0. The summed E-state index contributed by atoms with van der Waals surface area (Å²) in [5.74, 6) is -1.05. The van der Waals surface area contributed by atoms with E-state index in [2.05, 4.69) is 36.9 Å². The van der Waals surface area contributed by atoms with E-state index in [0.717, 1.165) is 11.1 Å². The lowest BCUT2D eigenvalue weighted by Gasteiger charge is -2.48. The highest BCUT2D eigenvalue weighted by atomic mass is 79.9. The van der Waals surface area contributed by atoms with Crippen molar-refractivity contribution >= 4 is 65.0 Å². The molecule has 1 fully saturated rings. The summed E-state index contributed by atoms with van der Waals surface area (Å²) < 4.78 is 11.6. The highest BCUT2D eigenvalue weighted by Gasteiger charge is 2.54. The number of aliphatic imine (C=N–C) groups is 1. The van der Waals surface area contributed by atoms with Crippen molar-refractivity contribution in [1.29, 1.82) is 0 Å². The Morgan fingerprint density at radius 2 is 1.68 bits per heavy atom. The van der Waals surface area contributed by atoms with Crippen LogP contribution in [-0.4, -0.2) is 50.1 Å². The van der Waals surface area contributed by atoms with Crippen LogP contribution in [-0.2, 0) is 23.9 Å². The zero-order valence-corrected chi connectivity index (χ0v) is 22.0. The van der Waals surface area contributed by atoms with Gasteiger partial charge >= 0.3 is 11.9 Å². The molecule has 1 unspecified atom stereocenters. The van der Waals surface area contributed by atoms with Crippen molar-refractivity contribution in [2.75, 3.05) is 12.4 Å². The topological polar surface area (TPSA) is 85.3 Å². The standard InChI is InChI=1S/C24H20Br2N2O5S/c1-14(29)32-12-17-13-34-22-18(27-24(25)26)21(30)28(22)19(17)23(31)33-20(15-8-4-2-5-9-15)16-10-6-3-7-11-16/h2-11,18,20,22H,12-13H2,1H3/t18?,22-/m0/s1. The third-order valence-electron chi connectivity index (χ3n) is 5.33. The van der Waals surface area contributed by atoms with Gasteiger partial charge in [0.2, 0.25) is 0 Å². The van der Waals surface area contributed by atoms with Crippen molar-refractivity contribution in [3.05, 3.63) is 83.1 Å². The number of rotatable bonds is 7. The van der Waals surface area contributed by atoms with Crippen LogP contribution < -0.4 is 0 Å². The molecule has 2 aliphatic heterocycles. The normalized spacial score (nSPS) is 19.3. The second-order valence-corrected chi connectivity index (χ2v) is 11.2. The minimum Gasteiger partial charge on any atom is -0.461 e. The molecule has 10 heteroatoms. The number of ether oxygens (including phenoxy) is 2. The fourth-order valence-electron chi connectivity index (χ4n) is 3.79. The van der Waals surface area contributed by atoms with E-state index in [1.165, 1.54) is 23.6 Å². The molecule has 0 aromatic heterocycles. The number of fused-ring (bicyclic) bond motifs is 1. The second-order valence-electron chi connectivity index (χ2n) is 7.56. The summed E-state index contributed by atoms with van der Waals surface area (Å²) in [6, 6.07) is 18.2. The molecule has 2 aromatic carbocycles. The van der Waals surface area contributed by atoms with Crippen molar-refractivity contribution in [1.82, 2.24) is 4.90 Å². The van der Waals surface area contributed by atoms with E-state index in [0.29, 0.717) is 14.9 Å². The third kappa shape index (κ3) is 5.29. The molecule has 4 rings (SSSR count). The highest BCUT2D eigenvalue weighted by molar-refractivity contribution is 9.39. The van der Waals surface area contributed by atoms with Gasteiger partial charge in [0.25, 0.3) is 5.91 Å². The molecular formula is C24H20Br2N2O5S. The molecule has 2 aromatic rings. The van der Waals surface area contributed by atoms with Crippen molar-refractivity contribution in [3.8, 4) is 0 Å². The molecule has 0 bridgehead atoms. The summed E-state index contributed by atoms with van der Waals surface area (Å²) in [5.41, 5.74) is 2.23. The van der Waals surface area contributed by atoms with Gasteiger partial charge in [-0.2, -0.15) is 0 Å². The fourth-order valence-corrected chi connectivity index (χ4v) is 5.54. The van der Waals surface area contributed by atoms with E-state index >= 15 is 0 Å². The molecule has 176 valence electrons. The molecule has 1 amide bonds. The Morgan fingerprint density at radius 1 is 1.09 bits per heavy atom. The van der Waals surface area contributed by atoms with Gasteiger partial charge in [0.15, 0.2) is 12.1 Å². The molecule has 2 heterocycles. The van der Waals surface area contributed by atoms with Gasteiger partial charge in [0.05, 0.1) is 0 Å². The van der Waals surface area contributed by atoms with Crippen LogP contribution >= 0.6 is 43.6 Å². The number of carbonyl (C=O) groups is 3. The lowest BCUT2D eigenvalue weighted by Crippen LogP contribution is -2.64. The Bertz CT molecular complexity index is 1110. The van der Waals surface area contributed by atoms with Crippen LogP contribution in [0.4, 0.5) is 0 Å². The molecule has 2 aliphatic rings. The number of amides is 1. The Balaban J connectivity index is 1.68. The van der Waals surface area contributed by atoms with Crippen LogP contribution in [0.15, 0.2) is 76.9 Å². The maximum absolute atomic E-state index is 13.6. The molecule has 0 aliphatic carbocycles. The first kappa shape index (κ1) is 24.7. The van der Waals surface area contributed by atoms with Gasteiger partial charge in [-0.15, -0.1) is 11.8 Å². The van der Waals surface area contributed by atoms with E-state index in [4.69, 9.17) is 9.47 Å². The van der Waals surface area contributed by atoms with Gasteiger partial charge in [-0.05, 0) is 43.0 Å². The molecule has 0 radical (unpaired) electrons. The number of halogens is 2. The van der Waals surface area contributed by atoms with E-state index in [1.54, 1.807) is 0 Å². The summed E-state index contributed by atoms with van der Waals surface area (Å²) in [5, 5.41) is -0.354. The first-order valence-corrected chi connectivity index (χ1v) is 13.0. The van der Waals surface area contributed by atoms with Crippen LogP contribution in [0.3, 0.4) is 0 Å². The van der Waals surface area contributed by atoms with E-state index in [9.17, 15) is 14.4 Å². The van der Waals surface area contributed by atoms with Crippen molar-refractivity contribution in [2.45, 2.75) is 24.4 Å². The van der Waals surface area contributed by atoms with Crippen molar-refractivity contribution < 1.29 is 23.9 Å². The molecule has 0 spiro atoms. The molecule has 2 atom stereocenters. The number of nitrogens with zero attached hydrogens (tertiary/aromatic N) is 2. The van der Waals surface area contributed by atoms with Crippen LogP contribution in [0.25, 0.3) is 0 Å². The average molecular weight is 608 g/mol. The SMILES string of the molecule is CC(=O)OCC1=C(C(=O)OC(c2ccccc2)c2ccccc2)N2C(=O)C(N=C(Br)Br)[C@@H]2SC1. The summed E-state index contributed by atoms with van der Waals surface area (Å²) in [4.78, 5) is 43.7. The Hall–Kier alpha value is -2.43. The summed E-state index contributed by atoms with van der Waals surface area (Å²) in [6.45, 7) is 1.20. The first-order chi connectivity index (χ1) is 16.4. The van der Waals surface area contributed by atoms with Crippen molar-refractivity contribution in [3.63, 3.8) is 0 Å². The van der Waals surface area contributed by atoms with E-state index in [1.807, 2.05) is 60.7 Å². The summed E-state index contributed by atoms with van der Waals surface area (Å²) in [6.07, 6.45) is -0.674. The molecule has 7 nitrogen and oxygen atoms in total. The number of β-lactam (4-membered cyclic amide) rings is 1. The first-order valence-electron chi connectivity index (χ1n) is 10.4. The number of hydrogen-bond donors (Lipinski definition) is 0. The number of benzene rings is 2. The lowest BCUT2D eigenvalue weighted by molar-refractivity contribution is -0.153. The molecule has 34 heavy (non-hydrogen) atoms. The molecule has 0 saturated carbocycles. The number of thioether (sulfide) groups is 1. The fraction of sp³-hybridized carbons (Fsp3) is 0.250. The van der Waals surface area contributed by atoms with Gasteiger partial charge in [0.1, 0.15) is 21.2 Å². The lowest BCUT2D eigenvalue weighted by atomic mass is 10.0. The smallest absolute Gasteiger partial charge is 0.356 e. The van der Waals surface area contributed by atoms with Crippen LogP contribution in [0.5, 0.6) is 0 Å². The molecule has 0 N–H and O–H groups in total. The Kier molecular flexibility index (Phi) is 7.90. The number of esters is 2. The monoisotopic (exact) mass is 606 g/mol. The maximum Gasteiger partial charge on any atom is 0.356 e. The maximum atomic E-state index is 13.6. The van der Waals surface area contributed by atoms with Gasteiger partial charge in [-0.25, -0.2) is 4.79 Å². The second kappa shape index (κ2) is 10.9. The average Bonchev–Trinajstić information content (AvgIpc) is 2.84. The van der Waals surface area contributed by atoms with Crippen LogP contribution in [0.1, 0.15) is 24.2 Å². The minimum atomic E-state index is -0.674. The summed E-state index contributed by atoms with van der Waals surface area (Å²) >= 11 is 7.86. The Morgan fingerprint density at radius 3 is 2.21 bits per heavy atom. The number of carbonyl (C=O) groups excluding carboxylic acids is 3. The third-order valence-corrected chi connectivity index (χ3v) is 7.06.